The molecule has 1 amide bonds. The molecule has 1 aromatic heterocycles. The van der Waals surface area contributed by atoms with E-state index < -0.39 is 0 Å². The highest BCUT2D eigenvalue weighted by Gasteiger charge is 2.25. The van der Waals surface area contributed by atoms with Gasteiger partial charge in [0.25, 0.3) is 5.91 Å². The number of aromatic nitrogens is 1. The van der Waals surface area contributed by atoms with Crippen LogP contribution >= 0.6 is 0 Å². The van der Waals surface area contributed by atoms with Crippen LogP contribution in [0.5, 0.6) is 0 Å². The molecule has 3 aromatic rings. The molecule has 0 radical (unpaired) electrons. The lowest BCUT2D eigenvalue weighted by molar-refractivity contribution is 0.0628. The quantitative estimate of drug-likeness (QED) is 0.614. The van der Waals surface area contributed by atoms with Gasteiger partial charge in [0, 0.05) is 50.2 Å². The minimum absolute atomic E-state index is 0.124. The number of pyridine rings is 1. The van der Waals surface area contributed by atoms with Gasteiger partial charge in [-0.05, 0) is 51.1 Å². The number of aryl methyl sites for hydroxylation is 1. The van der Waals surface area contributed by atoms with Crippen molar-refractivity contribution < 1.29 is 4.79 Å². The van der Waals surface area contributed by atoms with Crippen LogP contribution in [0.1, 0.15) is 28.8 Å². The highest BCUT2D eigenvalue weighted by Crippen LogP contribution is 2.27. The molecular weight excluding hydrogens is 396 g/mol. The standard InChI is InChI=1S/C27H32N4O/c1-21-9-10-25-23(19-21)24(20-26(28-25)22-7-3-2-4-8-22)27(32)31-17-15-30(16-18-31)14-13-29-11-5-6-12-29/h2-4,7-10,19-20H,5-6,11-18H2,1H3. The number of hydrogen-bond acceptors (Lipinski definition) is 4. The van der Waals surface area contributed by atoms with Crippen molar-refractivity contribution in [3.8, 4) is 11.3 Å². The first kappa shape index (κ1) is 21.1. The Morgan fingerprint density at radius 2 is 1.53 bits per heavy atom. The molecule has 5 heteroatoms. The van der Waals surface area contributed by atoms with Crippen LogP contribution < -0.4 is 0 Å². The van der Waals surface area contributed by atoms with Gasteiger partial charge in [-0.1, -0.05) is 42.0 Å². The van der Waals surface area contributed by atoms with E-state index in [1.54, 1.807) is 0 Å². The van der Waals surface area contributed by atoms with Gasteiger partial charge in [0.1, 0.15) is 0 Å². The molecule has 0 N–H and O–H groups in total. The molecular formula is C27H32N4O. The number of carbonyl (C=O) groups is 1. The molecule has 0 aliphatic carbocycles. The molecule has 32 heavy (non-hydrogen) atoms. The van der Waals surface area contributed by atoms with Gasteiger partial charge in [-0.3, -0.25) is 9.69 Å². The summed E-state index contributed by atoms with van der Waals surface area (Å²) in [5, 5.41) is 0.950. The van der Waals surface area contributed by atoms with E-state index in [0.29, 0.717) is 0 Å². The van der Waals surface area contributed by atoms with E-state index in [1.807, 2.05) is 35.2 Å². The molecule has 5 rings (SSSR count). The predicted octanol–water partition coefficient (Wildman–Crippen LogP) is 4.06. The Kier molecular flexibility index (Phi) is 6.19. The van der Waals surface area contributed by atoms with Gasteiger partial charge in [-0.2, -0.15) is 0 Å². The van der Waals surface area contributed by atoms with Crippen molar-refractivity contribution in [1.29, 1.82) is 0 Å². The molecule has 0 spiro atoms. The molecule has 166 valence electrons. The number of carbonyl (C=O) groups excluding carboxylic acids is 1. The smallest absolute Gasteiger partial charge is 0.254 e. The Hall–Kier alpha value is -2.76. The Bertz CT molecular complexity index is 1080. The van der Waals surface area contributed by atoms with Crippen LogP contribution in [0.15, 0.2) is 54.6 Å². The van der Waals surface area contributed by atoms with Gasteiger partial charge in [0.2, 0.25) is 0 Å². The second kappa shape index (κ2) is 9.39. The second-order valence-electron chi connectivity index (χ2n) is 9.12. The summed E-state index contributed by atoms with van der Waals surface area (Å²) in [7, 11) is 0. The summed E-state index contributed by atoms with van der Waals surface area (Å²) in [6.07, 6.45) is 2.68. The zero-order valence-electron chi connectivity index (χ0n) is 19.0. The van der Waals surface area contributed by atoms with Crippen LogP contribution in [0.25, 0.3) is 22.2 Å². The molecule has 2 fully saturated rings. The normalized spacial score (nSPS) is 17.8. The van der Waals surface area contributed by atoms with E-state index in [-0.39, 0.29) is 5.91 Å². The Morgan fingerprint density at radius 1 is 0.844 bits per heavy atom. The Balaban J connectivity index is 1.35. The Morgan fingerprint density at radius 3 is 2.25 bits per heavy atom. The van der Waals surface area contributed by atoms with E-state index in [9.17, 15) is 4.79 Å². The van der Waals surface area contributed by atoms with Crippen molar-refractivity contribution in [1.82, 2.24) is 19.7 Å². The number of likely N-dealkylation sites (tertiary alicyclic amines) is 1. The van der Waals surface area contributed by atoms with E-state index in [4.69, 9.17) is 4.98 Å². The molecule has 0 atom stereocenters. The second-order valence-corrected chi connectivity index (χ2v) is 9.12. The van der Waals surface area contributed by atoms with E-state index in [0.717, 1.165) is 72.6 Å². The van der Waals surface area contributed by atoms with Gasteiger partial charge in [-0.15, -0.1) is 0 Å². The van der Waals surface area contributed by atoms with Crippen molar-refractivity contribution in [3.63, 3.8) is 0 Å². The van der Waals surface area contributed by atoms with Gasteiger partial charge in [-0.25, -0.2) is 4.98 Å². The summed E-state index contributed by atoms with van der Waals surface area (Å²) in [6.45, 7) is 10.3. The van der Waals surface area contributed by atoms with E-state index >= 15 is 0 Å². The molecule has 2 aliphatic rings. The van der Waals surface area contributed by atoms with Crippen LogP contribution in [0, 0.1) is 6.92 Å². The number of benzene rings is 2. The number of hydrogen-bond donors (Lipinski definition) is 0. The number of rotatable bonds is 5. The van der Waals surface area contributed by atoms with E-state index in [1.165, 1.54) is 25.9 Å². The first-order valence-corrected chi connectivity index (χ1v) is 11.9. The zero-order valence-corrected chi connectivity index (χ0v) is 19.0. The topological polar surface area (TPSA) is 39.7 Å². The van der Waals surface area contributed by atoms with Crippen molar-refractivity contribution in [2.75, 3.05) is 52.4 Å². The highest BCUT2D eigenvalue weighted by atomic mass is 16.2. The molecule has 0 saturated carbocycles. The van der Waals surface area contributed by atoms with Crippen LogP contribution in [0.4, 0.5) is 0 Å². The third-order valence-corrected chi connectivity index (χ3v) is 6.85. The Labute approximate surface area is 190 Å². The summed E-state index contributed by atoms with van der Waals surface area (Å²) < 4.78 is 0. The van der Waals surface area contributed by atoms with Crippen LogP contribution in [0.3, 0.4) is 0 Å². The fourth-order valence-corrected chi connectivity index (χ4v) is 4.91. The van der Waals surface area contributed by atoms with Crippen molar-refractivity contribution in [2.24, 2.45) is 0 Å². The van der Waals surface area contributed by atoms with Crippen LogP contribution in [0.2, 0.25) is 0 Å². The summed E-state index contributed by atoms with van der Waals surface area (Å²) in [4.78, 5) is 25.6. The average molecular weight is 429 g/mol. The zero-order chi connectivity index (χ0) is 21.9. The molecule has 5 nitrogen and oxygen atoms in total. The lowest BCUT2D eigenvalue weighted by Gasteiger charge is -2.35. The third-order valence-electron chi connectivity index (χ3n) is 6.85. The SMILES string of the molecule is Cc1ccc2nc(-c3ccccc3)cc(C(=O)N3CCN(CCN4CCCC4)CC3)c2c1. The number of amides is 1. The predicted molar refractivity (Wildman–Crippen MR) is 130 cm³/mol. The van der Waals surface area contributed by atoms with Crippen LogP contribution in [-0.2, 0) is 0 Å². The maximum Gasteiger partial charge on any atom is 0.254 e. The summed E-state index contributed by atoms with van der Waals surface area (Å²) in [5.74, 6) is 0.124. The minimum atomic E-state index is 0.124. The first-order chi connectivity index (χ1) is 15.7. The maximum atomic E-state index is 13.7. The monoisotopic (exact) mass is 428 g/mol. The molecule has 3 heterocycles. The number of nitrogens with zero attached hydrogens (tertiary/aromatic N) is 4. The summed E-state index contributed by atoms with van der Waals surface area (Å²) >= 11 is 0. The molecule has 2 saturated heterocycles. The third kappa shape index (κ3) is 4.54. The number of piperazine rings is 1. The first-order valence-electron chi connectivity index (χ1n) is 11.9. The highest BCUT2D eigenvalue weighted by molar-refractivity contribution is 6.07. The summed E-state index contributed by atoms with van der Waals surface area (Å²) in [5.41, 5.74) is 4.69. The fraction of sp³-hybridized carbons (Fsp3) is 0.407. The lowest BCUT2D eigenvalue weighted by atomic mass is 10.0. The molecule has 2 aliphatic heterocycles. The average Bonchev–Trinajstić information content (AvgIpc) is 3.36. The van der Waals surface area contributed by atoms with Crippen molar-refractivity contribution >= 4 is 16.8 Å². The van der Waals surface area contributed by atoms with Gasteiger partial charge in [0.05, 0.1) is 16.8 Å². The fourth-order valence-electron chi connectivity index (χ4n) is 4.91. The molecule has 0 bridgehead atoms. The molecule has 0 unspecified atom stereocenters. The van der Waals surface area contributed by atoms with Crippen molar-refractivity contribution in [3.05, 3.63) is 65.7 Å². The lowest BCUT2D eigenvalue weighted by Crippen LogP contribution is -2.50. The van der Waals surface area contributed by atoms with Gasteiger partial charge < -0.3 is 9.80 Å². The largest absolute Gasteiger partial charge is 0.336 e. The van der Waals surface area contributed by atoms with Gasteiger partial charge in [0.15, 0.2) is 0 Å². The minimum Gasteiger partial charge on any atom is -0.336 e. The van der Waals surface area contributed by atoms with Gasteiger partial charge >= 0.3 is 0 Å². The molecule has 2 aromatic carbocycles. The number of fused-ring (bicyclic) bond motifs is 1. The van der Waals surface area contributed by atoms with Crippen LogP contribution in [-0.4, -0.2) is 77.9 Å². The van der Waals surface area contributed by atoms with Crippen molar-refractivity contribution in [2.45, 2.75) is 19.8 Å². The van der Waals surface area contributed by atoms with E-state index in [2.05, 4.69) is 41.0 Å². The summed E-state index contributed by atoms with van der Waals surface area (Å²) in [6, 6.07) is 18.3. The maximum absolute atomic E-state index is 13.7.